The molecule has 1 N–H and O–H groups in total. The van der Waals surface area contributed by atoms with Crippen molar-refractivity contribution in [3.05, 3.63) is 35.6 Å². The van der Waals surface area contributed by atoms with Crippen LogP contribution < -0.4 is 5.32 Å². The number of imide groups is 1. The molecule has 1 atom stereocenters. The molecule has 23 heavy (non-hydrogen) atoms. The van der Waals surface area contributed by atoms with Gasteiger partial charge in [-0.3, -0.25) is 14.5 Å². The van der Waals surface area contributed by atoms with Gasteiger partial charge in [-0.2, -0.15) is 0 Å². The molecule has 3 amide bonds. The Hall–Kier alpha value is -2.24. The zero-order valence-electron chi connectivity index (χ0n) is 13.6. The Morgan fingerprint density at radius 3 is 2.65 bits per heavy atom. The lowest BCUT2D eigenvalue weighted by Crippen LogP contribution is -2.44. The number of Topliss-reactive ketones (excluding diaryl/α,β-unsaturated/α-hetero) is 1. The molecule has 1 aliphatic heterocycles. The quantitative estimate of drug-likeness (QED) is 0.647. The van der Waals surface area contributed by atoms with Crippen molar-refractivity contribution in [3.63, 3.8) is 0 Å². The summed E-state index contributed by atoms with van der Waals surface area (Å²) in [6.45, 7) is 5.36. The van der Waals surface area contributed by atoms with Crippen LogP contribution in [-0.4, -0.2) is 34.7 Å². The highest BCUT2D eigenvalue weighted by Gasteiger charge is 2.47. The molecule has 0 saturated carbocycles. The molecule has 1 heterocycles. The lowest BCUT2D eigenvalue weighted by molar-refractivity contribution is -0.130. The molecule has 5 nitrogen and oxygen atoms in total. The molecule has 1 aromatic carbocycles. The molecule has 1 aliphatic rings. The molecule has 0 unspecified atom stereocenters. The fraction of sp³-hybridized carbons (Fsp3) is 0.471. The third-order valence-corrected chi connectivity index (χ3v) is 4.02. The van der Waals surface area contributed by atoms with E-state index in [2.05, 4.69) is 5.32 Å². The molecule has 1 aromatic rings. The number of halogens is 1. The predicted molar refractivity (Wildman–Crippen MR) is 83.5 cm³/mol. The van der Waals surface area contributed by atoms with E-state index in [0.29, 0.717) is 12.3 Å². The van der Waals surface area contributed by atoms with Crippen molar-refractivity contribution in [2.45, 2.75) is 39.2 Å². The first-order chi connectivity index (χ1) is 10.7. The van der Waals surface area contributed by atoms with Gasteiger partial charge in [-0.25, -0.2) is 9.18 Å². The summed E-state index contributed by atoms with van der Waals surface area (Å²) < 4.78 is 13.2. The minimum Gasteiger partial charge on any atom is -0.323 e. The molecular formula is C17H21FN2O3. The highest BCUT2D eigenvalue weighted by atomic mass is 19.1. The van der Waals surface area contributed by atoms with Crippen LogP contribution in [0.2, 0.25) is 0 Å². The molecule has 0 bridgehead atoms. The molecular weight excluding hydrogens is 299 g/mol. The summed E-state index contributed by atoms with van der Waals surface area (Å²) >= 11 is 0. The van der Waals surface area contributed by atoms with Gasteiger partial charge in [0.1, 0.15) is 11.4 Å². The smallest absolute Gasteiger partial charge is 0.323 e. The van der Waals surface area contributed by atoms with E-state index in [1.807, 2.05) is 13.8 Å². The van der Waals surface area contributed by atoms with Crippen molar-refractivity contribution >= 4 is 17.7 Å². The van der Waals surface area contributed by atoms with Gasteiger partial charge < -0.3 is 5.32 Å². The van der Waals surface area contributed by atoms with E-state index in [0.717, 1.165) is 17.4 Å². The normalized spacial score (nSPS) is 21.0. The molecule has 0 aromatic heterocycles. The first-order valence-corrected chi connectivity index (χ1v) is 7.66. The number of carbonyl (C=O) groups is 3. The number of hydrogen-bond donors (Lipinski definition) is 1. The van der Waals surface area contributed by atoms with Gasteiger partial charge in [0.2, 0.25) is 0 Å². The third-order valence-electron chi connectivity index (χ3n) is 4.02. The maximum absolute atomic E-state index is 13.2. The Labute approximate surface area is 134 Å². The van der Waals surface area contributed by atoms with Crippen LogP contribution in [0.1, 0.15) is 44.0 Å². The maximum Gasteiger partial charge on any atom is 0.325 e. The largest absolute Gasteiger partial charge is 0.325 e. The average molecular weight is 320 g/mol. The van der Waals surface area contributed by atoms with Crippen LogP contribution in [0.4, 0.5) is 9.18 Å². The fourth-order valence-corrected chi connectivity index (χ4v) is 2.53. The molecule has 1 saturated heterocycles. The lowest BCUT2D eigenvalue weighted by atomic mass is 9.92. The maximum atomic E-state index is 13.2. The van der Waals surface area contributed by atoms with E-state index >= 15 is 0 Å². The van der Waals surface area contributed by atoms with Crippen LogP contribution in [0.25, 0.3) is 0 Å². The third kappa shape index (κ3) is 3.75. The molecule has 0 radical (unpaired) electrons. The van der Waals surface area contributed by atoms with Crippen LogP contribution in [0.3, 0.4) is 0 Å². The van der Waals surface area contributed by atoms with Gasteiger partial charge in [0.05, 0.1) is 6.54 Å². The Morgan fingerprint density at radius 2 is 2.04 bits per heavy atom. The van der Waals surface area contributed by atoms with Crippen molar-refractivity contribution in [2.75, 3.05) is 6.54 Å². The fourth-order valence-electron chi connectivity index (χ4n) is 2.53. The minimum absolute atomic E-state index is 0.140. The van der Waals surface area contributed by atoms with E-state index in [-0.39, 0.29) is 12.1 Å². The van der Waals surface area contributed by atoms with E-state index in [1.54, 1.807) is 6.92 Å². The number of nitrogens with zero attached hydrogens (tertiary/aromatic N) is 1. The van der Waals surface area contributed by atoms with Crippen LogP contribution in [0.5, 0.6) is 0 Å². The highest BCUT2D eigenvalue weighted by Crippen LogP contribution is 2.25. The number of nitrogens with one attached hydrogen (secondary N) is 1. The van der Waals surface area contributed by atoms with Crippen molar-refractivity contribution < 1.29 is 18.8 Å². The molecule has 6 heteroatoms. The zero-order chi connectivity index (χ0) is 17.2. The van der Waals surface area contributed by atoms with Gasteiger partial charge in [-0.15, -0.1) is 0 Å². The van der Waals surface area contributed by atoms with E-state index < -0.39 is 29.1 Å². The number of carbonyl (C=O) groups excluding carboxylic acids is 3. The first kappa shape index (κ1) is 17.1. The van der Waals surface area contributed by atoms with Gasteiger partial charge in [0.25, 0.3) is 5.91 Å². The van der Waals surface area contributed by atoms with Crippen LogP contribution in [0.15, 0.2) is 24.3 Å². The molecule has 1 fully saturated rings. The second kappa shape index (κ2) is 6.48. The lowest BCUT2D eigenvalue weighted by Gasteiger charge is -2.22. The minimum atomic E-state index is -0.983. The summed E-state index contributed by atoms with van der Waals surface area (Å²) in [5.74, 6) is -1.01. The summed E-state index contributed by atoms with van der Waals surface area (Å²) in [7, 11) is 0. The average Bonchev–Trinajstić information content (AvgIpc) is 2.69. The summed E-state index contributed by atoms with van der Waals surface area (Å²) in [6, 6.07) is 4.63. The number of benzene rings is 1. The first-order valence-electron chi connectivity index (χ1n) is 7.66. The summed E-state index contributed by atoms with van der Waals surface area (Å²) in [5, 5.41) is 2.66. The van der Waals surface area contributed by atoms with Crippen molar-refractivity contribution in [3.8, 4) is 0 Å². The van der Waals surface area contributed by atoms with Gasteiger partial charge >= 0.3 is 6.03 Å². The Morgan fingerprint density at radius 1 is 1.35 bits per heavy atom. The van der Waals surface area contributed by atoms with Gasteiger partial charge in [0, 0.05) is 5.56 Å². The number of rotatable bonds is 6. The molecule has 124 valence electrons. The predicted octanol–water partition coefficient (Wildman–Crippen LogP) is 2.76. The topological polar surface area (TPSA) is 66.5 Å². The van der Waals surface area contributed by atoms with Gasteiger partial charge in [-0.1, -0.05) is 26.0 Å². The SMILES string of the molecule is CC(C)CC[C@@]1(C)NC(=O)N(CC(=O)c2cccc(F)c2)C1=O. The van der Waals surface area contributed by atoms with E-state index in [4.69, 9.17) is 0 Å². The van der Waals surface area contributed by atoms with Gasteiger partial charge in [-0.05, 0) is 37.8 Å². The van der Waals surface area contributed by atoms with Crippen molar-refractivity contribution in [1.29, 1.82) is 0 Å². The number of urea groups is 1. The molecule has 0 aliphatic carbocycles. The number of ketones is 1. The standard InChI is InChI=1S/C17H21FN2O3/c1-11(2)7-8-17(3)15(22)20(16(23)19-17)10-14(21)12-5-4-6-13(18)9-12/h4-6,9,11H,7-8,10H2,1-3H3,(H,19,23)/t17-/m1/s1. The number of amides is 3. The van der Waals surface area contributed by atoms with Crippen LogP contribution >= 0.6 is 0 Å². The summed E-state index contributed by atoms with van der Waals surface area (Å²) in [4.78, 5) is 37.6. The second-order valence-corrected chi connectivity index (χ2v) is 6.52. The Bertz CT molecular complexity index is 644. The second-order valence-electron chi connectivity index (χ2n) is 6.52. The van der Waals surface area contributed by atoms with Crippen LogP contribution in [-0.2, 0) is 4.79 Å². The van der Waals surface area contributed by atoms with Crippen LogP contribution in [0, 0.1) is 11.7 Å². The Kier molecular flexibility index (Phi) is 4.82. The monoisotopic (exact) mass is 320 g/mol. The number of hydrogen-bond acceptors (Lipinski definition) is 3. The van der Waals surface area contributed by atoms with E-state index in [1.165, 1.54) is 18.2 Å². The Balaban J connectivity index is 2.10. The highest BCUT2D eigenvalue weighted by molar-refractivity contribution is 6.10. The van der Waals surface area contributed by atoms with Crippen molar-refractivity contribution in [2.24, 2.45) is 5.92 Å². The summed E-state index contributed by atoms with van der Waals surface area (Å²) in [6.07, 6.45) is 1.30. The zero-order valence-corrected chi connectivity index (χ0v) is 13.6. The van der Waals surface area contributed by atoms with Crippen molar-refractivity contribution in [1.82, 2.24) is 10.2 Å². The summed E-state index contributed by atoms with van der Waals surface area (Å²) in [5.41, 5.74) is -0.842. The molecule has 0 spiro atoms. The molecule has 2 rings (SSSR count). The van der Waals surface area contributed by atoms with E-state index in [9.17, 15) is 18.8 Å². The van der Waals surface area contributed by atoms with Gasteiger partial charge in [0.15, 0.2) is 5.78 Å².